The molecule has 7 heteroatoms. The van der Waals surface area contributed by atoms with E-state index in [1.165, 1.54) is 12.1 Å². The fourth-order valence-corrected chi connectivity index (χ4v) is 1.10. The number of hydrogen-bond acceptors (Lipinski definition) is 3. The quantitative estimate of drug-likeness (QED) is 0.515. The van der Waals surface area contributed by atoms with Crippen molar-refractivity contribution in [3.8, 4) is 5.75 Å². The zero-order valence-corrected chi connectivity index (χ0v) is 6.25. The van der Waals surface area contributed by atoms with Crippen molar-refractivity contribution in [2.45, 2.75) is 4.90 Å². The molecular formula is C6H8K2O4S. The zero-order valence-electron chi connectivity index (χ0n) is 5.43. The molecule has 0 aliphatic rings. The van der Waals surface area contributed by atoms with Gasteiger partial charge in [0, 0.05) is 0 Å². The van der Waals surface area contributed by atoms with Gasteiger partial charge in [0.2, 0.25) is 0 Å². The summed E-state index contributed by atoms with van der Waals surface area (Å²) in [6.07, 6.45) is 0. The van der Waals surface area contributed by atoms with E-state index in [9.17, 15) is 8.42 Å². The van der Waals surface area contributed by atoms with Gasteiger partial charge in [-0.15, -0.1) is 0 Å². The molecule has 64 valence electrons. The SMILES string of the molecule is O=S(=O)(O)c1ccc(O)cc1.[KH].[KH]. The molecule has 0 unspecified atom stereocenters. The van der Waals surface area contributed by atoms with Crippen molar-refractivity contribution < 1.29 is 18.1 Å². The van der Waals surface area contributed by atoms with Gasteiger partial charge >= 0.3 is 103 Å². The Morgan fingerprint density at radius 3 is 1.69 bits per heavy atom. The van der Waals surface area contributed by atoms with Crippen LogP contribution in [0.15, 0.2) is 29.2 Å². The summed E-state index contributed by atoms with van der Waals surface area (Å²) in [6.45, 7) is 0. The molecular weight excluding hydrogens is 246 g/mol. The molecule has 0 spiro atoms. The molecule has 0 fully saturated rings. The van der Waals surface area contributed by atoms with Crippen LogP contribution in [-0.2, 0) is 10.1 Å². The van der Waals surface area contributed by atoms with Crippen molar-refractivity contribution in [3.63, 3.8) is 0 Å². The maximum absolute atomic E-state index is 10.4. The van der Waals surface area contributed by atoms with E-state index < -0.39 is 10.1 Å². The van der Waals surface area contributed by atoms with Crippen molar-refractivity contribution in [2.75, 3.05) is 0 Å². The van der Waals surface area contributed by atoms with Crippen LogP contribution in [0.3, 0.4) is 0 Å². The van der Waals surface area contributed by atoms with E-state index in [0.29, 0.717) is 0 Å². The molecule has 1 aromatic rings. The molecule has 0 aromatic heterocycles. The number of hydrogen-bond donors (Lipinski definition) is 2. The Morgan fingerprint density at radius 1 is 1.00 bits per heavy atom. The summed E-state index contributed by atoms with van der Waals surface area (Å²) in [5, 5.41) is 8.75. The van der Waals surface area contributed by atoms with Crippen molar-refractivity contribution in [2.24, 2.45) is 0 Å². The van der Waals surface area contributed by atoms with Gasteiger partial charge in [0.1, 0.15) is 5.75 Å². The Balaban J connectivity index is 0. The molecule has 0 amide bonds. The topological polar surface area (TPSA) is 74.6 Å². The number of benzene rings is 1. The molecule has 0 atom stereocenters. The van der Waals surface area contributed by atoms with Crippen LogP contribution in [0.4, 0.5) is 0 Å². The van der Waals surface area contributed by atoms with E-state index in [2.05, 4.69) is 0 Å². The summed E-state index contributed by atoms with van der Waals surface area (Å²) in [5.74, 6) is -0.0441. The van der Waals surface area contributed by atoms with E-state index in [1.807, 2.05) is 0 Å². The van der Waals surface area contributed by atoms with Crippen molar-refractivity contribution >= 4 is 113 Å². The molecule has 0 aliphatic heterocycles. The van der Waals surface area contributed by atoms with Gasteiger partial charge in [0.15, 0.2) is 0 Å². The predicted molar refractivity (Wildman–Crippen MR) is 52.2 cm³/mol. The van der Waals surface area contributed by atoms with Gasteiger partial charge in [-0.25, -0.2) is 0 Å². The van der Waals surface area contributed by atoms with E-state index >= 15 is 0 Å². The average Bonchev–Trinajstić information content (AvgIpc) is 1.86. The van der Waals surface area contributed by atoms with Crippen LogP contribution in [0.1, 0.15) is 0 Å². The fourth-order valence-electron chi connectivity index (χ4n) is 0.618. The Morgan fingerprint density at radius 2 is 1.38 bits per heavy atom. The van der Waals surface area contributed by atoms with Crippen molar-refractivity contribution in [1.29, 1.82) is 0 Å². The summed E-state index contributed by atoms with van der Waals surface area (Å²) >= 11 is 0. The third kappa shape index (κ3) is 6.38. The maximum atomic E-state index is 10.4. The third-order valence-electron chi connectivity index (χ3n) is 1.13. The van der Waals surface area contributed by atoms with Gasteiger partial charge < -0.3 is 5.11 Å². The average molecular weight is 254 g/mol. The molecule has 2 N–H and O–H groups in total. The standard InChI is InChI=1S/C6H6O4S.2K.2H/c7-5-1-3-6(4-2-5)11(8,9)10;;;;/h1-4,7H,(H,8,9,10);;;;. The Labute approximate surface area is 162 Å². The zero-order chi connectivity index (χ0) is 8.48. The van der Waals surface area contributed by atoms with Gasteiger partial charge in [0.05, 0.1) is 4.90 Å². The first-order chi connectivity index (χ1) is 5.00. The van der Waals surface area contributed by atoms with Crippen LogP contribution in [0.5, 0.6) is 5.75 Å². The molecule has 13 heavy (non-hydrogen) atoms. The summed E-state index contributed by atoms with van der Waals surface area (Å²) in [6, 6.07) is 4.60. The first-order valence-electron chi connectivity index (χ1n) is 2.77. The minimum atomic E-state index is -4.13. The monoisotopic (exact) mass is 254 g/mol. The first kappa shape index (κ1) is 17.6. The third-order valence-corrected chi connectivity index (χ3v) is 2.00. The van der Waals surface area contributed by atoms with E-state index in [1.54, 1.807) is 0 Å². The van der Waals surface area contributed by atoms with Crippen LogP contribution >= 0.6 is 0 Å². The minimum absolute atomic E-state index is 0. The molecule has 4 nitrogen and oxygen atoms in total. The van der Waals surface area contributed by atoms with E-state index in [4.69, 9.17) is 9.66 Å². The van der Waals surface area contributed by atoms with Crippen LogP contribution in [0.2, 0.25) is 0 Å². The molecule has 0 aliphatic carbocycles. The van der Waals surface area contributed by atoms with Crippen molar-refractivity contribution in [1.82, 2.24) is 0 Å². The Bertz CT molecular complexity index is 345. The molecule has 1 rings (SSSR count). The summed E-state index contributed by atoms with van der Waals surface area (Å²) < 4.78 is 29.3. The summed E-state index contributed by atoms with van der Waals surface area (Å²) in [7, 11) is -4.13. The van der Waals surface area contributed by atoms with Gasteiger partial charge in [-0.2, -0.15) is 8.42 Å². The summed E-state index contributed by atoms with van der Waals surface area (Å²) in [4.78, 5) is -0.227. The number of phenols is 1. The second-order valence-electron chi connectivity index (χ2n) is 1.97. The van der Waals surface area contributed by atoms with Gasteiger partial charge in [0.25, 0.3) is 10.1 Å². The van der Waals surface area contributed by atoms with Crippen LogP contribution < -0.4 is 0 Å². The van der Waals surface area contributed by atoms with E-state index in [0.717, 1.165) is 12.1 Å². The second kappa shape index (κ2) is 7.47. The second-order valence-corrected chi connectivity index (χ2v) is 3.39. The molecule has 0 saturated heterocycles. The van der Waals surface area contributed by atoms with Gasteiger partial charge in [-0.3, -0.25) is 4.55 Å². The van der Waals surface area contributed by atoms with Crippen LogP contribution in [-0.4, -0.2) is 121 Å². The normalized spacial score (nSPS) is 9.62. The molecule has 1 aromatic carbocycles. The Hall–Kier alpha value is 2.20. The summed E-state index contributed by atoms with van der Waals surface area (Å²) in [5.41, 5.74) is 0. The number of aromatic hydroxyl groups is 1. The molecule has 0 radical (unpaired) electrons. The van der Waals surface area contributed by atoms with Gasteiger partial charge in [-0.05, 0) is 24.3 Å². The van der Waals surface area contributed by atoms with E-state index in [-0.39, 0.29) is 113 Å². The van der Waals surface area contributed by atoms with Crippen molar-refractivity contribution in [3.05, 3.63) is 24.3 Å². The number of phenolic OH excluding ortho intramolecular Hbond substituents is 1. The molecule has 0 saturated carbocycles. The van der Waals surface area contributed by atoms with Crippen LogP contribution in [0, 0.1) is 0 Å². The predicted octanol–water partition coefficient (Wildman–Crippen LogP) is -0.658. The first-order valence-corrected chi connectivity index (χ1v) is 4.21. The molecule has 0 heterocycles. The number of rotatable bonds is 1. The Kier molecular flexibility index (Phi) is 10.1. The fraction of sp³-hybridized carbons (Fsp3) is 0. The van der Waals surface area contributed by atoms with Crippen LogP contribution in [0.25, 0.3) is 0 Å². The molecule has 0 bridgehead atoms. The van der Waals surface area contributed by atoms with Gasteiger partial charge in [-0.1, -0.05) is 0 Å².